The zero-order valence-electron chi connectivity index (χ0n) is 9.94. The maximum absolute atomic E-state index is 12.2. The Hall–Kier alpha value is -1.11. The van der Waals surface area contributed by atoms with Gasteiger partial charge in [-0.2, -0.15) is 0 Å². The molecular formula is C12H15BrN2O3. The maximum atomic E-state index is 12.2. The standard InChI is InChI=1S/C12H15BrN2O3/c1-12(6-18-5-10(12)14)11(17)15-8-4-7(13)2-3-9(8)16/h2-4,10,16H,5-6,14H2,1H3,(H,15,17). The number of rotatable bonds is 2. The van der Waals surface area contributed by atoms with Crippen LogP contribution in [0.5, 0.6) is 5.75 Å². The van der Waals surface area contributed by atoms with Gasteiger partial charge in [0.05, 0.1) is 24.3 Å². The molecule has 2 atom stereocenters. The molecule has 5 nitrogen and oxygen atoms in total. The van der Waals surface area contributed by atoms with Gasteiger partial charge in [-0.1, -0.05) is 15.9 Å². The Kier molecular flexibility index (Phi) is 3.61. The number of nitrogens with one attached hydrogen (secondary N) is 1. The summed E-state index contributed by atoms with van der Waals surface area (Å²) in [5, 5.41) is 12.4. The second kappa shape index (κ2) is 4.87. The van der Waals surface area contributed by atoms with E-state index in [4.69, 9.17) is 10.5 Å². The molecule has 18 heavy (non-hydrogen) atoms. The summed E-state index contributed by atoms with van der Waals surface area (Å²) in [5.74, 6) is -0.233. The van der Waals surface area contributed by atoms with Crippen molar-refractivity contribution in [2.75, 3.05) is 18.5 Å². The van der Waals surface area contributed by atoms with Crippen LogP contribution in [-0.2, 0) is 9.53 Å². The van der Waals surface area contributed by atoms with Crippen molar-refractivity contribution in [2.45, 2.75) is 13.0 Å². The largest absolute Gasteiger partial charge is 0.506 e. The summed E-state index contributed by atoms with van der Waals surface area (Å²) in [4.78, 5) is 12.2. The van der Waals surface area contributed by atoms with Crippen LogP contribution < -0.4 is 11.1 Å². The highest BCUT2D eigenvalue weighted by molar-refractivity contribution is 9.10. The van der Waals surface area contributed by atoms with Crippen LogP contribution in [-0.4, -0.2) is 30.3 Å². The van der Waals surface area contributed by atoms with Crippen molar-refractivity contribution in [3.63, 3.8) is 0 Å². The zero-order valence-corrected chi connectivity index (χ0v) is 11.5. The second-order valence-electron chi connectivity index (χ2n) is 4.65. The molecule has 0 radical (unpaired) electrons. The fourth-order valence-electron chi connectivity index (χ4n) is 1.80. The van der Waals surface area contributed by atoms with Crippen LogP contribution in [0.25, 0.3) is 0 Å². The summed E-state index contributed by atoms with van der Waals surface area (Å²) in [7, 11) is 0. The quantitative estimate of drug-likeness (QED) is 0.721. The molecule has 4 N–H and O–H groups in total. The summed E-state index contributed by atoms with van der Waals surface area (Å²) in [6.45, 7) is 2.41. The summed E-state index contributed by atoms with van der Waals surface area (Å²) in [6.07, 6.45) is 0. The van der Waals surface area contributed by atoms with Gasteiger partial charge < -0.3 is 20.9 Å². The minimum Gasteiger partial charge on any atom is -0.506 e. The molecule has 0 spiro atoms. The number of benzene rings is 1. The molecule has 98 valence electrons. The van der Waals surface area contributed by atoms with Crippen molar-refractivity contribution in [1.29, 1.82) is 0 Å². The lowest BCUT2D eigenvalue weighted by Crippen LogP contribution is -2.47. The Morgan fingerprint density at radius 3 is 3.00 bits per heavy atom. The van der Waals surface area contributed by atoms with Gasteiger partial charge in [0.25, 0.3) is 0 Å². The van der Waals surface area contributed by atoms with Crippen LogP contribution in [0, 0.1) is 5.41 Å². The Morgan fingerprint density at radius 2 is 2.39 bits per heavy atom. The fourth-order valence-corrected chi connectivity index (χ4v) is 2.16. The van der Waals surface area contributed by atoms with Gasteiger partial charge in [0.2, 0.25) is 5.91 Å². The number of carbonyl (C=O) groups is 1. The summed E-state index contributed by atoms with van der Waals surface area (Å²) in [6, 6.07) is 4.49. The molecule has 6 heteroatoms. The normalized spacial score (nSPS) is 27.2. The number of halogens is 1. The molecule has 1 amide bonds. The van der Waals surface area contributed by atoms with Crippen molar-refractivity contribution < 1.29 is 14.6 Å². The predicted octanol–water partition coefficient (Wildman–Crippen LogP) is 1.46. The predicted molar refractivity (Wildman–Crippen MR) is 71.3 cm³/mol. The van der Waals surface area contributed by atoms with E-state index in [2.05, 4.69) is 21.2 Å². The van der Waals surface area contributed by atoms with E-state index in [1.165, 1.54) is 6.07 Å². The SMILES string of the molecule is CC1(C(=O)Nc2cc(Br)ccc2O)COCC1N. The third kappa shape index (κ3) is 2.36. The third-order valence-electron chi connectivity index (χ3n) is 3.24. The zero-order chi connectivity index (χ0) is 13.3. The Bertz CT molecular complexity index is 480. The first kappa shape index (κ1) is 13.3. The van der Waals surface area contributed by atoms with Crippen LogP contribution in [0.3, 0.4) is 0 Å². The number of amides is 1. The van der Waals surface area contributed by atoms with E-state index < -0.39 is 5.41 Å². The molecule has 0 aromatic heterocycles. The van der Waals surface area contributed by atoms with Crippen molar-refractivity contribution in [3.8, 4) is 5.75 Å². The van der Waals surface area contributed by atoms with E-state index in [0.29, 0.717) is 12.3 Å². The van der Waals surface area contributed by atoms with E-state index >= 15 is 0 Å². The number of ether oxygens (including phenoxy) is 1. The number of nitrogens with two attached hydrogens (primary N) is 1. The van der Waals surface area contributed by atoms with E-state index in [1.807, 2.05) is 0 Å². The van der Waals surface area contributed by atoms with Crippen LogP contribution in [0.1, 0.15) is 6.92 Å². The van der Waals surface area contributed by atoms with E-state index in [1.54, 1.807) is 19.1 Å². The number of phenols is 1. The van der Waals surface area contributed by atoms with Gasteiger partial charge in [0.1, 0.15) is 5.75 Å². The molecule has 1 aliphatic heterocycles. The number of aromatic hydroxyl groups is 1. The Labute approximate surface area is 113 Å². The summed E-state index contributed by atoms with van der Waals surface area (Å²) < 4.78 is 6.00. The molecule has 0 saturated carbocycles. The molecule has 0 bridgehead atoms. The second-order valence-corrected chi connectivity index (χ2v) is 5.57. The highest BCUT2D eigenvalue weighted by atomic mass is 79.9. The van der Waals surface area contributed by atoms with E-state index in [0.717, 1.165) is 4.47 Å². The molecule has 1 aromatic rings. The van der Waals surface area contributed by atoms with Gasteiger partial charge in [0, 0.05) is 10.5 Å². The van der Waals surface area contributed by atoms with Crippen molar-refractivity contribution in [1.82, 2.24) is 0 Å². The topological polar surface area (TPSA) is 84.6 Å². The third-order valence-corrected chi connectivity index (χ3v) is 3.74. The molecule has 2 rings (SSSR count). The number of phenolic OH excluding ortho intramolecular Hbond substituents is 1. The molecule has 1 aliphatic rings. The van der Waals surface area contributed by atoms with E-state index in [9.17, 15) is 9.90 Å². The minimum atomic E-state index is -0.769. The lowest BCUT2D eigenvalue weighted by molar-refractivity contribution is -0.125. The van der Waals surface area contributed by atoms with Gasteiger partial charge in [-0.15, -0.1) is 0 Å². The lowest BCUT2D eigenvalue weighted by atomic mass is 9.85. The molecule has 2 unspecified atom stereocenters. The van der Waals surface area contributed by atoms with Crippen LogP contribution >= 0.6 is 15.9 Å². The average Bonchev–Trinajstić information content (AvgIpc) is 2.66. The van der Waals surface area contributed by atoms with E-state index in [-0.39, 0.29) is 24.3 Å². The van der Waals surface area contributed by atoms with Gasteiger partial charge in [-0.3, -0.25) is 4.79 Å². The van der Waals surface area contributed by atoms with Crippen LogP contribution in [0.2, 0.25) is 0 Å². The van der Waals surface area contributed by atoms with Crippen LogP contribution in [0.4, 0.5) is 5.69 Å². The first-order valence-corrected chi connectivity index (χ1v) is 6.36. The highest BCUT2D eigenvalue weighted by Crippen LogP contribution is 2.32. The first-order chi connectivity index (χ1) is 8.43. The van der Waals surface area contributed by atoms with Gasteiger partial charge in [-0.05, 0) is 25.1 Å². The number of anilines is 1. The average molecular weight is 315 g/mol. The lowest BCUT2D eigenvalue weighted by Gasteiger charge is -2.25. The number of hydrogen-bond donors (Lipinski definition) is 3. The van der Waals surface area contributed by atoms with Gasteiger partial charge in [-0.25, -0.2) is 0 Å². The van der Waals surface area contributed by atoms with Crippen molar-refractivity contribution in [2.24, 2.45) is 11.1 Å². The first-order valence-electron chi connectivity index (χ1n) is 5.57. The molecule has 1 fully saturated rings. The number of carbonyl (C=O) groups excluding carboxylic acids is 1. The fraction of sp³-hybridized carbons (Fsp3) is 0.417. The molecule has 1 aromatic carbocycles. The monoisotopic (exact) mass is 314 g/mol. The van der Waals surface area contributed by atoms with Gasteiger partial charge >= 0.3 is 0 Å². The Morgan fingerprint density at radius 1 is 1.67 bits per heavy atom. The molecule has 1 saturated heterocycles. The smallest absolute Gasteiger partial charge is 0.234 e. The number of hydrogen-bond acceptors (Lipinski definition) is 4. The minimum absolute atomic E-state index is 0.0163. The molecule has 1 heterocycles. The maximum Gasteiger partial charge on any atom is 0.234 e. The Balaban J connectivity index is 2.19. The molecular weight excluding hydrogens is 300 g/mol. The molecule has 0 aliphatic carbocycles. The van der Waals surface area contributed by atoms with Crippen molar-refractivity contribution in [3.05, 3.63) is 22.7 Å². The highest BCUT2D eigenvalue weighted by Gasteiger charge is 2.44. The van der Waals surface area contributed by atoms with Crippen molar-refractivity contribution >= 4 is 27.5 Å². The summed E-state index contributed by atoms with van der Waals surface area (Å²) >= 11 is 3.28. The van der Waals surface area contributed by atoms with Gasteiger partial charge in [0.15, 0.2) is 0 Å². The summed E-state index contributed by atoms with van der Waals surface area (Å²) in [5.41, 5.74) is 5.47. The van der Waals surface area contributed by atoms with Crippen LogP contribution in [0.15, 0.2) is 22.7 Å².